The van der Waals surface area contributed by atoms with E-state index in [9.17, 15) is 5.11 Å². The summed E-state index contributed by atoms with van der Waals surface area (Å²) in [5.41, 5.74) is 3.08. The molecule has 0 saturated heterocycles. The van der Waals surface area contributed by atoms with Gasteiger partial charge in [0, 0.05) is 5.56 Å². The van der Waals surface area contributed by atoms with Gasteiger partial charge in [-0.1, -0.05) is 75.8 Å². The van der Waals surface area contributed by atoms with E-state index in [-0.39, 0.29) is 0 Å². The van der Waals surface area contributed by atoms with Crippen LogP contribution >= 0.6 is 0 Å². The molecule has 158 valence electrons. The molecular weight excluding hydrogens is 360 g/mol. The molecule has 3 nitrogen and oxygen atoms in total. The number of hydrogen-bond acceptors (Lipinski definition) is 3. The zero-order chi connectivity index (χ0) is 20.9. The summed E-state index contributed by atoms with van der Waals surface area (Å²) in [6.07, 6.45) is 10.2. The highest BCUT2D eigenvalue weighted by molar-refractivity contribution is 5.43. The van der Waals surface area contributed by atoms with Crippen LogP contribution in [0.3, 0.4) is 0 Å². The normalized spacial score (nSPS) is 11.8. The quantitative estimate of drug-likeness (QED) is 0.282. The fraction of sp³-hybridized carbons (Fsp3) is 0.462. The van der Waals surface area contributed by atoms with E-state index >= 15 is 0 Å². The lowest BCUT2D eigenvalue weighted by atomic mass is 9.95. The van der Waals surface area contributed by atoms with Crippen LogP contribution in [0.5, 0.6) is 11.5 Å². The van der Waals surface area contributed by atoms with E-state index in [0.29, 0.717) is 13.0 Å². The van der Waals surface area contributed by atoms with Crippen LogP contribution in [0.15, 0.2) is 55.1 Å². The molecule has 29 heavy (non-hydrogen) atoms. The number of allylic oxidation sites excluding steroid dienone is 1. The Morgan fingerprint density at radius 2 is 1.72 bits per heavy atom. The van der Waals surface area contributed by atoms with Crippen molar-refractivity contribution < 1.29 is 14.6 Å². The predicted molar refractivity (Wildman–Crippen MR) is 121 cm³/mol. The summed E-state index contributed by atoms with van der Waals surface area (Å²) in [5.74, 6) is 1.65. The second-order valence-electron chi connectivity index (χ2n) is 7.53. The molecule has 0 heterocycles. The van der Waals surface area contributed by atoms with Crippen LogP contribution in [-0.2, 0) is 13.0 Å². The van der Waals surface area contributed by atoms with Crippen molar-refractivity contribution in [2.24, 2.45) is 0 Å². The third kappa shape index (κ3) is 7.58. The lowest BCUT2D eigenvalue weighted by Crippen LogP contribution is -2.06. The molecule has 0 radical (unpaired) electrons. The maximum atomic E-state index is 10.8. The molecule has 3 heteroatoms. The Kier molecular flexibility index (Phi) is 10.4. The van der Waals surface area contributed by atoms with Crippen molar-refractivity contribution in [2.45, 2.75) is 71.0 Å². The van der Waals surface area contributed by atoms with Crippen molar-refractivity contribution in [3.63, 3.8) is 0 Å². The zero-order valence-electron chi connectivity index (χ0n) is 18.0. The van der Waals surface area contributed by atoms with Crippen LogP contribution < -0.4 is 9.47 Å². The number of ether oxygens (including phenoxy) is 2. The number of methoxy groups -OCH3 is 1. The van der Waals surface area contributed by atoms with Gasteiger partial charge in [-0.15, -0.1) is 6.58 Å². The SMILES string of the molecule is C=CCc1c(OCc2ccc(OC)cc2)cccc1[C@@H](O)CCCCCCCC. The molecule has 0 saturated carbocycles. The molecule has 0 unspecified atom stereocenters. The fourth-order valence-corrected chi connectivity index (χ4v) is 3.55. The van der Waals surface area contributed by atoms with Gasteiger partial charge >= 0.3 is 0 Å². The summed E-state index contributed by atoms with van der Waals surface area (Å²) < 4.78 is 11.3. The second-order valence-corrected chi connectivity index (χ2v) is 7.53. The topological polar surface area (TPSA) is 38.7 Å². The highest BCUT2D eigenvalue weighted by atomic mass is 16.5. The molecular formula is C26H36O3. The van der Waals surface area contributed by atoms with Crippen molar-refractivity contribution in [1.82, 2.24) is 0 Å². The average Bonchev–Trinajstić information content (AvgIpc) is 2.75. The third-order valence-electron chi connectivity index (χ3n) is 5.26. The van der Waals surface area contributed by atoms with Crippen molar-refractivity contribution in [3.8, 4) is 11.5 Å². The molecule has 2 aromatic rings. The van der Waals surface area contributed by atoms with Gasteiger partial charge in [-0.05, 0) is 42.2 Å². The van der Waals surface area contributed by atoms with E-state index in [4.69, 9.17) is 9.47 Å². The van der Waals surface area contributed by atoms with Crippen molar-refractivity contribution in [3.05, 3.63) is 71.8 Å². The summed E-state index contributed by atoms with van der Waals surface area (Å²) in [5, 5.41) is 10.8. The van der Waals surface area contributed by atoms with Crippen molar-refractivity contribution in [1.29, 1.82) is 0 Å². The minimum absolute atomic E-state index is 0.458. The number of hydrogen-bond donors (Lipinski definition) is 1. The summed E-state index contributed by atoms with van der Waals surface area (Å²) in [6.45, 7) is 6.60. The number of unbranched alkanes of at least 4 members (excludes halogenated alkanes) is 5. The number of rotatable bonds is 14. The standard InChI is InChI=1S/C26H36O3/c1-4-6-7-8-9-10-14-25(27)23-13-11-15-26(24(23)12-5-2)29-20-21-16-18-22(28-3)19-17-21/h5,11,13,15-19,25,27H,2,4,6-10,12,14,20H2,1,3H3/t25-/m0/s1. The van der Waals surface area contributed by atoms with Crippen LogP contribution in [0.25, 0.3) is 0 Å². The Balaban J connectivity index is 2.00. The van der Waals surface area contributed by atoms with Crippen LogP contribution in [-0.4, -0.2) is 12.2 Å². The van der Waals surface area contributed by atoms with Gasteiger partial charge in [0.2, 0.25) is 0 Å². The number of aliphatic hydroxyl groups excluding tert-OH is 1. The van der Waals surface area contributed by atoms with E-state index in [1.165, 1.54) is 32.1 Å². The van der Waals surface area contributed by atoms with Gasteiger partial charge in [-0.3, -0.25) is 0 Å². The highest BCUT2D eigenvalue weighted by Gasteiger charge is 2.15. The van der Waals surface area contributed by atoms with Crippen molar-refractivity contribution >= 4 is 0 Å². The Labute approximate surface area is 176 Å². The molecule has 2 aromatic carbocycles. The smallest absolute Gasteiger partial charge is 0.123 e. The first kappa shape index (κ1) is 23.0. The molecule has 1 atom stereocenters. The maximum Gasteiger partial charge on any atom is 0.123 e. The van der Waals surface area contributed by atoms with E-state index < -0.39 is 6.10 Å². The first-order valence-corrected chi connectivity index (χ1v) is 10.9. The van der Waals surface area contributed by atoms with Gasteiger partial charge in [0.15, 0.2) is 0 Å². The maximum absolute atomic E-state index is 10.8. The monoisotopic (exact) mass is 396 g/mol. The third-order valence-corrected chi connectivity index (χ3v) is 5.26. The van der Waals surface area contributed by atoms with Gasteiger partial charge in [-0.25, -0.2) is 0 Å². The van der Waals surface area contributed by atoms with Crippen LogP contribution in [0.4, 0.5) is 0 Å². The van der Waals surface area contributed by atoms with E-state index in [0.717, 1.165) is 41.0 Å². The van der Waals surface area contributed by atoms with Gasteiger partial charge < -0.3 is 14.6 Å². The average molecular weight is 397 g/mol. The largest absolute Gasteiger partial charge is 0.497 e. The minimum atomic E-state index is -0.458. The van der Waals surface area contributed by atoms with E-state index in [2.05, 4.69) is 13.5 Å². The lowest BCUT2D eigenvalue weighted by molar-refractivity contribution is 0.161. The van der Waals surface area contributed by atoms with Gasteiger partial charge in [0.25, 0.3) is 0 Å². The fourth-order valence-electron chi connectivity index (χ4n) is 3.55. The molecule has 0 aromatic heterocycles. The van der Waals surface area contributed by atoms with Crippen LogP contribution in [0.2, 0.25) is 0 Å². The Morgan fingerprint density at radius 1 is 1.00 bits per heavy atom. The molecule has 0 aliphatic rings. The Morgan fingerprint density at radius 3 is 2.41 bits per heavy atom. The second kappa shape index (κ2) is 13.1. The molecule has 0 fully saturated rings. The number of benzene rings is 2. The summed E-state index contributed by atoms with van der Waals surface area (Å²) in [7, 11) is 1.66. The van der Waals surface area contributed by atoms with E-state index in [1.807, 2.05) is 48.5 Å². The zero-order valence-corrected chi connectivity index (χ0v) is 18.0. The van der Waals surface area contributed by atoms with Crippen LogP contribution in [0.1, 0.15) is 74.7 Å². The minimum Gasteiger partial charge on any atom is -0.497 e. The lowest BCUT2D eigenvalue weighted by Gasteiger charge is -2.19. The summed E-state index contributed by atoms with van der Waals surface area (Å²) >= 11 is 0. The first-order valence-electron chi connectivity index (χ1n) is 10.9. The molecule has 1 N–H and O–H groups in total. The van der Waals surface area contributed by atoms with E-state index in [1.54, 1.807) is 7.11 Å². The summed E-state index contributed by atoms with van der Waals surface area (Å²) in [4.78, 5) is 0. The Hall–Kier alpha value is -2.26. The number of aliphatic hydroxyl groups is 1. The van der Waals surface area contributed by atoms with Crippen molar-refractivity contribution in [2.75, 3.05) is 7.11 Å². The molecule has 0 spiro atoms. The van der Waals surface area contributed by atoms with Crippen LogP contribution in [0, 0.1) is 0 Å². The molecule has 0 bridgehead atoms. The molecule has 0 amide bonds. The highest BCUT2D eigenvalue weighted by Crippen LogP contribution is 2.31. The first-order chi connectivity index (χ1) is 14.2. The molecule has 0 aliphatic carbocycles. The van der Waals surface area contributed by atoms with Gasteiger partial charge in [0.05, 0.1) is 13.2 Å². The van der Waals surface area contributed by atoms with Gasteiger partial charge in [0.1, 0.15) is 18.1 Å². The summed E-state index contributed by atoms with van der Waals surface area (Å²) in [6, 6.07) is 13.8. The molecule has 0 aliphatic heterocycles. The van der Waals surface area contributed by atoms with Gasteiger partial charge in [-0.2, -0.15) is 0 Å². The molecule has 2 rings (SSSR count). The Bertz CT molecular complexity index is 721. The predicted octanol–water partition coefficient (Wildman–Crippen LogP) is 6.79.